The zero-order valence-electron chi connectivity index (χ0n) is 17.2. The summed E-state index contributed by atoms with van der Waals surface area (Å²) in [6.45, 7) is 17.6. The van der Waals surface area contributed by atoms with Crippen molar-refractivity contribution in [3.63, 3.8) is 0 Å². The molecule has 0 aliphatic carbocycles. The molecule has 1 N–H and O–H groups in total. The second kappa shape index (κ2) is 12.5. The highest BCUT2D eigenvalue weighted by atomic mass is 16.5. The van der Waals surface area contributed by atoms with Crippen LogP contribution < -0.4 is 5.32 Å². The van der Waals surface area contributed by atoms with Crippen molar-refractivity contribution in [1.82, 2.24) is 15.1 Å². The van der Waals surface area contributed by atoms with Crippen LogP contribution in [0.5, 0.6) is 0 Å². The standard InChI is InChI=1S/C20H40N4O2/c1-4-21-20(22-10-7-12-25-16-19-9-13-26-17-19)24-11-8-18(15-24)14-23(5-2)6-3/h18-19H,4-17H2,1-3H3,(H,21,22). The van der Waals surface area contributed by atoms with Crippen LogP contribution in [0.15, 0.2) is 4.99 Å². The summed E-state index contributed by atoms with van der Waals surface area (Å²) in [4.78, 5) is 9.80. The van der Waals surface area contributed by atoms with Gasteiger partial charge in [-0.25, -0.2) is 0 Å². The quantitative estimate of drug-likeness (QED) is 0.344. The zero-order chi connectivity index (χ0) is 18.6. The topological polar surface area (TPSA) is 49.3 Å². The average Bonchev–Trinajstić information content (AvgIpc) is 3.33. The molecule has 0 aromatic carbocycles. The Labute approximate surface area is 160 Å². The van der Waals surface area contributed by atoms with E-state index in [1.807, 2.05) is 0 Å². The summed E-state index contributed by atoms with van der Waals surface area (Å²) in [7, 11) is 0. The molecule has 0 aromatic heterocycles. The molecule has 2 aliphatic rings. The maximum Gasteiger partial charge on any atom is 0.193 e. The maximum atomic E-state index is 5.78. The second-order valence-electron chi connectivity index (χ2n) is 7.48. The van der Waals surface area contributed by atoms with Crippen molar-refractivity contribution < 1.29 is 9.47 Å². The van der Waals surface area contributed by atoms with E-state index in [-0.39, 0.29) is 0 Å². The monoisotopic (exact) mass is 368 g/mol. The van der Waals surface area contributed by atoms with Gasteiger partial charge in [-0.2, -0.15) is 0 Å². The first-order valence-corrected chi connectivity index (χ1v) is 10.7. The molecule has 0 spiro atoms. The lowest BCUT2D eigenvalue weighted by molar-refractivity contribution is 0.0893. The van der Waals surface area contributed by atoms with Crippen molar-refractivity contribution in [3.8, 4) is 0 Å². The fourth-order valence-corrected chi connectivity index (χ4v) is 3.76. The van der Waals surface area contributed by atoms with E-state index in [1.165, 1.54) is 13.0 Å². The third-order valence-electron chi connectivity index (χ3n) is 5.42. The highest BCUT2D eigenvalue weighted by molar-refractivity contribution is 5.80. The van der Waals surface area contributed by atoms with Crippen molar-refractivity contribution in [2.24, 2.45) is 16.8 Å². The number of rotatable bonds is 11. The van der Waals surface area contributed by atoms with Crippen molar-refractivity contribution >= 4 is 5.96 Å². The number of likely N-dealkylation sites (tertiary alicyclic amines) is 1. The predicted octanol–water partition coefficient (Wildman–Crippen LogP) is 2.06. The van der Waals surface area contributed by atoms with Gasteiger partial charge in [-0.15, -0.1) is 0 Å². The van der Waals surface area contributed by atoms with E-state index < -0.39 is 0 Å². The van der Waals surface area contributed by atoms with Gasteiger partial charge in [-0.3, -0.25) is 4.99 Å². The van der Waals surface area contributed by atoms with Crippen molar-refractivity contribution in [2.75, 3.05) is 72.2 Å². The number of guanidine groups is 1. The van der Waals surface area contributed by atoms with E-state index in [0.29, 0.717) is 5.92 Å². The predicted molar refractivity (Wildman–Crippen MR) is 108 cm³/mol. The minimum atomic E-state index is 0.600. The summed E-state index contributed by atoms with van der Waals surface area (Å²) in [5, 5.41) is 3.47. The number of ether oxygens (including phenoxy) is 2. The molecule has 26 heavy (non-hydrogen) atoms. The van der Waals surface area contributed by atoms with Crippen LogP contribution in [0.1, 0.15) is 40.0 Å². The molecule has 2 atom stereocenters. The van der Waals surface area contributed by atoms with Crippen LogP contribution in [0.3, 0.4) is 0 Å². The number of nitrogens with one attached hydrogen (secondary N) is 1. The molecule has 2 unspecified atom stereocenters. The summed E-state index contributed by atoms with van der Waals surface area (Å²) in [5.74, 6) is 2.44. The van der Waals surface area contributed by atoms with Gasteiger partial charge in [0.15, 0.2) is 5.96 Å². The molecule has 0 amide bonds. The highest BCUT2D eigenvalue weighted by Crippen LogP contribution is 2.17. The Kier molecular flexibility index (Phi) is 10.3. The van der Waals surface area contributed by atoms with Crippen LogP contribution in [0.4, 0.5) is 0 Å². The van der Waals surface area contributed by atoms with Gasteiger partial charge in [0.05, 0.1) is 13.2 Å². The lowest BCUT2D eigenvalue weighted by Gasteiger charge is -2.24. The SMILES string of the molecule is CCNC(=NCCCOCC1CCOC1)N1CCC(CN(CC)CC)C1. The van der Waals surface area contributed by atoms with Gasteiger partial charge in [0, 0.05) is 51.9 Å². The van der Waals surface area contributed by atoms with E-state index in [9.17, 15) is 0 Å². The molecule has 6 heteroatoms. The molecule has 0 radical (unpaired) electrons. The van der Waals surface area contributed by atoms with Crippen LogP contribution in [0.2, 0.25) is 0 Å². The minimum absolute atomic E-state index is 0.600. The Balaban J connectivity index is 1.67. The van der Waals surface area contributed by atoms with E-state index in [0.717, 1.165) is 90.4 Å². The van der Waals surface area contributed by atoms with Gasteiger partial charge in [-0.1, -0.05) is 13.8 Å². The third kappa shape index (κ3) is 7.41. The Hall–Kier alpha value is -0.850. The summed E-state index contributed by atoms with van der Waals surface area (Å²) < 4.78 is 11.2. The summed E-state index contributed by atoms with van der Waals surface area (Å²) in [5.41, 5.74) is 0. The molecular weight excluding hydrogens is 328 g/mol. The fraction of sp³-hybridized carbons (Fsp3) is 0.950. The van der Waals surface area contributed by atoms with Crippen molar-refractivity contribution in [1.29, 1.82) is 0 Å². The first-order chi connectivity index (χ1) is 12.8. The van der Waals surface area contributed by atoms with E-state index in [1.54, 1.807) is 0 Å². The van der Waals surface area contributed by atoms with E-state index in [4.69, 9.17) is 14.5 Å². The Morgan fingerprint density at radius 3 is 2.77 bits per heavy atom. The molecular formula is C20H40N4O2. The molecule has 0 aromatic rings. The van der Waals surface area contributed by atoms with Gasteiger partial charge < -0.3 is 24.6 Å². The fourth-order valence-electron chi connectivity index (χ4n) is 3.76. The van der Waals surface area contributed by atoms with Gasteiger partial charge in [0.1, 0.15) is 0 Å². The van der Waals surface area contributed by atoms with Gasteiger partial charge in [-0.05, 0) is 45.2 Å². The first-order valence-electron chi connectivity index (χ1n) is 10.7. The zero-order valence-corrected chi connectivity index (χ0v) is 17.2. The first kappa shape index (κ1) is 21.5. The van der Waals surface area contributed by atoms with Crippen LogP contribution in [0, 0.1) is 11.8 Å². The summed E-state index contributed by atoms with van der Waals surface area (Å²) >= 11 is 0. The largest absolute Gasteiger partial charge is 0.381 e. The molecule has 0 bridgehead atoms. The Bertz CT molecular complexity index is 395. The molecule has 152 valence electrons. The second-order valence-corrected chi connectivity index (χ2v) is 7.48. The third-order valence-corrected chi connectivity index (χ3v) is 5.42. The lowest BCUT2D eigenvalue weighted by Crippen LogP contribution is -2.41. The van der Waals surface area contributed by atoms with Crippen LogP contribution in [0.25, 0.3) is 0 Å². The number of hydrogen-bond acceptors (Lipinski definition) is 4. The van der Waals surface area contributed by atoms with Crippen LogP contribution in [-0.2, 0) is 9.47 Å². The van der Waals surface area contributed by atoms with Crippen molar-refractivity contribution in [3.05, 3.63) is 0 Å². The maximum absolute atomic E-state index is 5.78. The highest BCUT2D eigenvalue weighted by Gasteiger charge is 2.25. The summed E-state index contributed by atoms with van der Waals surface area (Å²) in [6.07, 6.45) is 3.40. The van der Waals surface area contributed by atoms with Gasteiger partial charge >= 0.3 is 0 Å². The smallest absolute Gasteiger partial charge is 0.193 e. The normalized spacial score (nSPS) is 24.0. The minimum Gasteiger partial charge on any atom is -0.381 e. The molecule has 2 fully saturated rings. The molecule has 2 heterocycles. The van der Waals surface area contributed by atoms with Gasteiger partial charge in [0.2, 0.25) is 0 Å². The molecule has 2 saturated heterocycles. The molecule has 0 saturated carbocycles. The Morgan fingerprint density at radius 1 is 1.23 bits per heavy atom. The average molecular weight is 369 g/mol. The van der Waals surface area contributed by atoms with Crippen LogP contribution >= 0.6 is 0 Å². The number of aliphatic imine (C=N–C) groups is 1. The van der Waals surface area contributed by atoms with Crippen molar-refractivity contribution in [2.45, 2.75) is 40.0 Å². The van der Waals surface area contributed by atoms with Gasteiger partial charge in [0.25, 0.3) is 0 Å². The lowest BCUT2D eigenvalue weighted by atomic mass is 10.1. The Morgan fingerprint density at radius 2 is 2.08 bits per heavy atom. The summed E-state index contributed by atoms with van der Waals surface area (Å²) in [6, 6.07) is 0. The molecule has 2 aliphatic heterocycles. The van der Waals surface area contributed by atoms with E-state index in [2.05, 4.69) is 35.9 Å². The number of hydrogen-bond donors (Lipinski definition) is 1. The molecule has 2 rings (SSSR count). The molecule has 6 nitrogen and oxygen atoms in total. The number of nitrogens with zero attached hydrogens (tertiary/aromatic N) is 3. The van der Waals surface area contributed by atoms with E-state index >= 15 is 0 Å². The van der Waals surface area contributed by atoms with Crippen LogP contribution in [-0.4, -0.2) is 88.0 Å².